The second kappa shape index (κ2) is 17.2. The topological polar surface area (TPSA) is 73.5 Å². The van der Waals surface area contributed by atoms with E-state index in [9.17, 15) is 26.6 Å². The molecule has 2 unspecified atom stereocenters. The lowest BCUT2D eigenvalue weighted by Gasteiger charge is -2.38. The Morgan fingerprint density at radius 3 is 2.31 bits per heavy atom. The summed E-state index contributed by atoms with van der Waals surface area (Å²) in [6, 6.07) is 12.4. The number of halogens is 4. The highest BCUT2D eigenvalue weighted by atomic mass is 32.2. The Kier molecular flexibility index (Phi) is 14.4. The molecule has 0 saturated heterocycles. The first-order chi connectivity index (χ1) is 21.1. The maximum absolute atomic E-state index is 12.8. The second-order valence-electron chi connectivity index (χ2n) is 11.5. The Morgan fingerprint density at radius 2 is 1.82 bits per heavy atom. The zero-order valence-electron chi connectivity index (χ0n) is 26.9. The number of Topliss-reactive ketones (excluding diaryl/α,β-unsaturated/α-hetero) is 1. The Labute approximate surface area is 267 Å². The number of alkyl halides is 3. The molecule has 244 valence electrons. The number of benzene rings is 2. The van der Waals surface area contributed by atoms with Crippen LogP contribution in [-0.4, -0.2) is 27.3 Å². The van der Waals surface area contributed by atoms with Crippen LogP contribution in [0.15, 0.2) is 71.0 Å². The van der Waals surface area contributed by atoms with E-state index in [0.29, 0.717) is 23.5 Å². The molecule has 5 nitrogen and oxygen atoms in total. The molecule has 1 aliphatic heterocycles. The third kappa shape index (κ3) is 11.1. The van der Waals surface area contributed by atoms with Gasteiger partial charge >= 0.3 is 6.18 Å². The Balaban J connectivity index is 0.000000275. The lowest BCUT2D eigenvalue weighted by molar-refractivity contribution is -0.140. The average molecular weight is 646 g/mol. The molecule has 0 radical (unpaired) electrons. The van der Waals surface area contributed by atoms with Crippen molar-refractivity contribution < 1.29 is 26.6 Å². The maximum Gasteiger partial charge on any atom is 0.419 e. The summed E-state index contributed by atoms with van der Waals surface area (Å²) in [7, 11) is -0.527. The number of anilines is 1. The van der Waals surface area contributed by atoms with Crippen LogP contribution in [0.4, 0.5) is 23.2 Å². The first-order valence-corrected chi connectivity index (χ1v) is 16.6. The van der Waals surface area contributed by atoms with Gasteiger partial charge in [0.1, 0.15) is 17.4 Å². The molecule has 0 saturated carbocycles. The zero-order chi connectivity index (χ0) is 33.9. The number of hydrogen-bond acceptors (Lipinski definition) is 5. The molecule has 1 heterocycles. The van der Waals surface area contributed by atoms with Crippen LogP contribution in [-0.2, 0) is 28.2 Å². The third-order valence-corrected chi connectivity index (χ3v) is 8.70. The number of amidine groups is 1. The van der Waals surface area contributed by atoms with Gasteiger partial charge in [-0.2, -0.15) is 18.4 Å². The van der Waals surface area contributed by atoms with E-state index < -0.39 is 28.4 Å². The van der Waals surface area contributed by atoms with Crippen LogP contribution in [0.25, 0.3) is 0 Å². The molecule has 4 rings (SSSR count). The van der Waals surface area contributed by atoms with Gasteiger partial charge in [0.15, 0.2) is 0 Å². The van der Waals surface area contributed by atoms with Crippen LogP contribution in [0, 0.1) is 29.0 Å². The van der Waals surface area contributed by atoms with Gasteiger partial charge in [0.05, 0.1) is 17.2 Å². The Hall–Kier alpha value is -3.58. The van der Waals surface area contributed by atoms with Crippen LogP contribution in [0.5, 0.6) is 0 Å². The zero-order valence-corrected chi connectivity index (χ0v) is 27.7. The van der Waals surface area contributed by atoms with E-state index in [1.807, 2.05) is 38.1 Å². The number of rotatable bonds is 7. The van der Waals surface area contributed by atoms with E-state index in [2.05, 4.69) is 38.3 Å². The number of ketones is 1. The fourth-order valence-electron chi connectivity index (χ4n) is 4.90. The van der Waals surface area contributed by atoms with Crippen molar-refractivity contribution in [2.45, 2.75) is 79.8 Å². The third-order valence-electron chi connectivity index (χ3n) is 7.19. The molecular formula is C35H43F4N3O2S. The summed E-state index contributed by atoms with van der Waals surface area (Å²) in [5.41, 5.74) is 4.12. The fraction of sp³-hybridized carbons (Fsp3) is 0.457. The number of hydrogen-bond donors (Lipinski definition) is 0. The highest BCUT2D eigenvalue weighted by Crippen LogP contribution is 2.40. The van der Waals surface area contributed by atoms with E-state index in [-0.39, 0.29) is 17.8 Å². The summed E-state index contributed by atoms with van der Waals surface area (Å²) in [6.07, 6.45) is -0.505. The summed E-state index contributed by atoms with van der Waals surface area (Å²) in [6.45, 7) is 16.3. The van der Waals surface area contributed by atoms with Crippen molar-refractivity contribution in [2.24, 2.45) is 16.8 Å². The molecule has 10 heteroatoms. The van der Waals surface area contributed by atoms with Crippen LogP contribution in [0.1, 0.15) is 83.9 Å². The van der Waals surface area contributed by atoms with E-state index in [1.165, 1.54) is 30.7 Å². The molecule has 2 aromatic carbocycles. The Morgan fingerprint density at radius 1 is 1.18 bits per heavy atom. The number of allylic oxidation sites excluding steroid dienone is 2. The van der Waals surface area contributed by atoms with Gasteiger partial charge in [0.2, 0.25) is 0 Å². The predicted molar refractivity (Wildman–Crippen MR) is 175 cm³/mol. The molecule has 0 aromatic heterocycles. The summed E-state index contributed by atoms with van der Waals surface area (Å²) in [5.74, 6) is 2.15. The van der Waals surface area contributed by atoms with Crippen LogP contribution < -0.4 is 4.90 Å². The molecule has 0 spiro atoms. The van der Waals surface area contributed by atoms with Gasteiger partial charge in [0.25, 0.3) is 0 Å². The SMILES string of the molecule is C=C1C2=C(CC(C)CC2)N=C(C(C)C)N1c1ccc(C#N)cc1.CC(=O)Cc1ccc(F)c(C(F)(F)F)c1.CCCS(=O)CC. The van der Waals surface area contributed by atoms with Crippen LogP contribution >= 0.6 is 0 Å². The van der Waals surface area contributed by atoms with Gasteiger partial charge in [-0.1, -0.05) is 47.3 Å². The fourth-order valence-corrected chi connectivity index (χ4v) is 5.64. The monoisotopic (exact) mass is 645 g/mol. The van der Waals surface area contributed by atoms with Gasteiger partial charge in [-0.15, -0.1) is 0 Å². The smallest absolute Gasteiger partial charge is 0.300 e. The van der Waals surface area contributed by atoms with Crippen molar-refractivity contribution in [1.29, 1.82) is 5.26 Å². The van der Waals surface area contributed by atoms with Gasteiger partial charge in [-0.3, -0.25) is 13.9 Å². The Bertz CT molecular complexity index is 1470. The van der Waals surface area contributed by atoms with Gasteiger partial charge < -0.3 is 0 Å². The average Bonchev–Trinajstić information content (AvgIpc) is 2.98. The first kappa shape index (κ1) is 37.6. The lowest BCUT2D eigenvalue weighted by atomic mass is 9.85. The molecule has 2 aromatic rings. The minimum Gasteiger partial charge on any atom is -0.300 e. The van der Waals surface area contributed by atoms with Crippen molar-refractivity contribution >= 4 is 28.1 Å². The quantitative estimate of drug-likeness (QED) is 0.282. The number of nitrogens with zero attached hydrogens (tertiary/aromatic N) is 3. The van der Waals surface area contributed by atoms with E-state index in [1.54, 1.807) is 0 Å². The number of carbonyl (C=O) groups excluding carboxylic acids is 1. The van der Waals surface area contributed by atoms with Crippen molar-refractivity contribution in [1.82, 2.24) is 0 Å². The largest absolute Gasteiger partial charge is 0.419 e. The lowest BCUT2D eigenvalue weighted by Crippen LogP contribution is -2.38. The summed E-state index contributed by atoms with van der Waals surface area (Å²) < 4.78 is 60.0. The molecule has 2 aliphatic rings. The summed E-state index contributed by atoms with van der Waals surface area (Å²) in [5, 5.41) is 9.00. The molecule has 0 bridgehead atoms. The summed E-state index contributed by atoms with van der Waals surface area (Å²) >= 11 is 0. The molecule has 0 N–H and O–H groups in total. The summed E-state index contributed by atoms with van der Waals surface area (Å²) in [4.78, 5) is 17.9. The highest BCUT2D eigenvalue weighted by molar-refractivity contribution is 7.84. The normalized spacial score (nSPS) is 16.8. The van der Waals surface area contributed by atoms with Crippen molar-refractivity contribution in [3.63, 3.8) is 0 Å². The molecule has 45 heavy (non-hydrogen) atoms. The molecule has 2 atom stereocenters. The number of aliphatic imine (C=N–C) groups is 1. The van der Waals surface area contributed by atoms with Crippen LogP contribution in [0.2, 0.25) is 0 Å². The van der Waals surface area contributed by atoms with Crippen molar-refractivity contribution in [3.05, 3.63) is 88.5 Å². The number of carbonyl (C=O) groups is 1. The minimum atomic E-state index is -4.73. The van der Waals surface area contributed by atoms with Crippen LogP contribution in [0.3, 0.4) is 0 Å². The van der Waals surface area contributed by atoms with E-state index in [0.717, 1.165) is 54.1 Å². The van der Waals surface area contributed by atoms with Crippen molar-refractivity contribution in [2.75, 3.05) is 16.4 Å². The van der Waals surface area contributed by atoms with E-state index in [4.69, 9.17) is 10.3 Å². The second-order valence-corrected chi connectivity index (χ2v) is 13.3. The molecule has 1 aliphatic carbocycles. The molecule has 0 amide bonds. The van der Waals surface area contributed by atoms with Gasteiger partial charge in [-0.25, -0.2) is 9.38 Å². The first-order valence-electron chi connectivity index (χ1n) is 15.1. The van der Waals surface area contributed by atoms with Gasteiger partial charge in [-0.05, 0) is 86.1 Å². The predicted octanol–water partition coefficient (Wildman–Crippen LogP) is 9.16. The molecular weight excluding hydrogens is 602 g/mol. The van der Waals surface area contributed by atoms with E-state index >= 15 is 0 Å². The van der Waals surface area contributed by atoms with Crippen molar-refractivity contribution in [3.8, 4) is 6.07 Å². The van der Waals surface area contributed by atoms with Gasteiger partial charge in [0, 0.05) is 51.7 Å². The molecule has 0 fully saturated rings. The maximum atomic E-state index is 12.8. The number of nitriles is 1. The highest BCUT2D eigenvalue weighted by Gasteiger charge is 2.34. The standard InChI is InChI=1S/C20H23N3.C10H8F4O.C5H12OS/c1-13(2)20-22-19-11-14(3)5-10-18(19)15(4)23(20)17-8-6-16(12-21)7-9-17;1-6(15)4-7-2-3-9(11)8(5-7)10(12,13)14;1-3-5-7(6)4-2/h6-9,13-14H,4-5,10-11H2,1-3H3;2-3,5H,4H2,1H3;3-5H2,1-2H3. The minimum absolute atomic E-state index is 0.122.